The number of aromatic nitrogens is 1. The molecule has 2 rings (SSSR count). The van der Waals surface area contributed by atoms with Crippen molar-refractivity contribution in [3.05, 3.63) is 60.4 Å². The number of para-hydroxylation sites is 1. The van der Waals surface area contributed by atoms with E-state index in [4.69, 9.17) is 0 Å². The molecular weight excluding hydrogens is 252 g/mol. The highest BCUT2D eigenvalue weighted by Crippen LogP contribution is 2.15. The molecule has 20 heavy (non-hydrogen) atoms. The van der Waals surface area contributed by atoms with E-state index in [9.17, 15) is 4.79 Å². The molecule has 1 aromatic carbocycles. The Morgan fingerprint density at radius 2 is 1.80 bits per heavy atom. The molecule has 102 valence electrons. The molecule has 0 spiro atoms. The largest absolute Gasteiger partial charge is 0.344 e. The van der Waals surface area contributed by atoms with Crippen LogP contribution in [-0.4, -0.2) is 36.2 Å². The lowest BCUT2D eigenvalue weighted by Crippen LogP contribution is -2.35. The van der Waals surface area contributed by atoms with Gasteiger partial charge in [0.1, 0.15) is 0 Å². The molecule has 5 heteroatoms. The first-order valence-corrected chi connectivity index (χ1v) is 6.20. The van der Waals surface area contributed by atoms with Gasteiger partial charge in [0.2, 0.25) is 0 Å². The summed E-state index contributed by atoms with van der Waals surface area (Å²) < 4.78 is 0. The highest BCUT2D eigenvalue weighted by atomic mass is 16.2. The van der Waals surface area contributed by atoms with Crippen molar-refractivity contribution in [1.82, 2.24) is 9.88 Å². The Bertz CT molecular complexity index is 581. The fourth-order valence-electron chi connectivity index (χ4n) is 1.55. The Morgan fingerprint density at radius 1 is 1.10 bits per heavy atom. The van der Waals surface area contributed by atoms with Gasteiger partial charge >= 0.3 is 6.03 Å². The maximum absolute atomic E-state index is 12.2. The van der Waals surface area contributed by atoms with E-state index in [1.807, 2.05) is 48.5 Å². The van der Waals surface area contributed by atoms with Crippen LogP contribution >= 0.6 is 0 Å². The molecule has 0 atom stereocenters. The lowest BCUT2D eigenvalue weighted by molar-refractivity contribution is 0.224. The van der Waals surface area contributed by atoms with Crippen LogP contribution in [-0.2, 0) is 0 Å². The molecule has 0 N–H and O–H groups in total. The standard InChI is InChI=1S/C15H16N4O/c1-18(2)15(20)19(14-9-4-3-5-10-14)17-12-13-8-6-7-11-16-13/h3-12H,1-2H3. The van der Waals surface area contributed by atoms with E-state index in [1.165, 1.54) is 9.91 Å². The van der Waals surface area contributed by atoms with Gasteiger partial charge in [0.15, 0.2) is 0 Å². The topological polar surface area (TPSA) is 48.8 Å². The Hall–Kier alpha value is -2.69. The van der Waals surface area contributed by atoms with Crippen LogP contribution in [0.25, 0.3) is 0 Å². The average molecular weight is 268 g/mol. The van der Waals surface area contributed by atoms with Gasteiger partial charge in [-0.3, -0.25) is 4.98 Å². The molecule has 0 aliphatic rings. The summed E-state index contributed by atoms with van der Waals surface area (Å²) >= 11 is 0. The van der Waals surface area contributed by atoms with E-state index >= 15 is 0 Å². The second kappa shape index (κ2) is 6.47. The first kappa shape index (κ1) is 13.7. The lowest BCUT2D eigenvalue weighted by Gasteiger charge is -2.21. The summed E-state index contributed by atoms with van der Waals surface area (Å²) in [4.78, 5) is 17.8. The van der Waals surface area contributed by atoms with Crippen LogP contribution in [0.1, 0.15) is 5.69 Å². The van der Waals surface area contributed by atoms with E-state index in [1.54, 1.807) is 26.5 Å². The van der Waals surface area contributed by atoms with Crippen molar-refractivity contribution in [2.75, 3.05) is 19.1 Å². The predicted molar refractivity (Wildman–Crippen MR) is 79.8 cm³/mol. The normalized spacial score (nSPS) is 10.5. The zero-order chi connectivity index (χ0) is 14.4. The molecule has 2 aromatic rings. The van der Waals surface area contributed by atoms with Gasteiger partial charge < -0.3 is 4.90 Å². The molecule has 0 aliphatic carbocycles. The van der Waals surface area contributed by atoms with E-state index in [0.29, 0.717) is 11.4 Å². The number of hydrogen-bond donors (Lipinski definition) is 0. The first-order valence-electron chi connectivity index (χ1n) is 6.20. The van der Waals surface area contributed by atoms with Crippen molar-refractivity contribution in [1.29, 1.82) is 0 Å². The number of hydrogen-bond acceptors (Lipinski definition) is 3. The minimum Gasteiger partial charge on any atom is -0.329 e. The maximum Gasteiger partial charge on any atom is 0.344 e. The molecule has 0 aliphatic heterocycles. The molecule has 0 bridgehead atoms. The van der Waals surface area contributed by atoms with Gasteiger partial charge in [-0.1, -0.05) is 24.3 Å². The number of nitrogens with zero attached hydrogens (tertiary/aromatic N) is 4. The number of pyridine rings is 1. The molecule has 0 saturated carbocycles. The summed E-state index contributed by atoms with van der Waals surface area (Å²) in [6.45, 7) is 0. The van der Waals surface area contributed by atoms with Crippen LogP contribution in [0.15, 0.2) is 59.8 Å². The summed E-state index contributed by atoms with van der Waals surface area (Å²) in [5, 5.41) is 5.58. The van der Waals surface area contributed by atoms with Crippen molar-refractivity contribution in [3.8, 4) is 0 Å². The van der Waals surface area contributed by atoms with Crippen molar-refractivity contribution >= 4 is 17.9 Å². The van der Waals surface area contributed by atoms with Gasteiger partial charge in [-0.2, -0.15) is 10.1 Å². The van der Waals surface area contributed by atoms with E-state index in [0.717, 1.165) is 0 Å². The van der Waals surface area contributed by atoms with E-state index in [2.05, 4.69) is 10.1 Å². The second-order valence-electron chi connectivity index (χ2n) is 4.32. The van der Waals surface area contributed by atoms with Crippen LogP contribution < -0.4 is 5.01 Å². The summed E-state index contributed by atoms with van der Waals surface area (Å²) in [5.41, 5.74) is 1.40. The molecule has 2 amide bonds. The molecular formula is C15H16N4O. The number of rotatable bonds is 3. The molecule has 0 radical (unpaired) electrons. The van der Waals surface area contributed by atoms with E-state index in [-0.39, 0.29) is 6.03 Å². The summed E-state index contributed by atoms with van der Waals surface area (Å²) in [6, 6.07) is 14.6. The van der Waals surface area contributed by atoms with Gasteiger partial charge in [-0.15, -0.1) is 0 Å². The third-order valence-electron chi connectivity index (χ3n) is 2.56. The van der Waals surface area contributed by atoms with Crippen molar-refractivity contribution < 1.29 is 4.79 Å². The van der Waals surface area contributed by atoms with Crippen molar-refractivity contribution in [3.63, 3.8) is 0 Å². The fourth-order valence-corrected chi connectivity index (χ4v) is 1.55. The quantitative estimate of drug-likeness (QED) is 0.634. The number of benzene rings is 1. The fraction of sp³-hybridized carbons (Fsp3) is 0.133. The minimum absolute atomic E-state index is 0.219. The zero-order valence-corrected chi connectivity index (χ0v) is 11.5. The number of anilines is 1. The summed E-state index contributed by atoms with van der Waals surface area (Å²) in [6.07, 6.45) is 3.25. The number of hydrazone groups is 1. The number of urea groups is 1. The van der Waals surface area contributed by atoms with Crippen molar-refractivity contribution in [2.45, 2.75) is 0 Å². The molecule has 1 heterocycles. The van der Waals surface area contributed by atoms with Crippen LogP contribution in [0.3, 0.4) is 0 Å². The molecule has 0 unspecified atom stereocenters. The predicted octanol–water partition coefficient (Wildman–Crippen LogP) is 2.60. The van der Waals surface area contributed by atoms with E-state index < -0.39 is 0 Å². The van der Waals surface area contributed by atoms with Crippen LogP contribution in [0, 0.1) is 0 Å². The SMILES string of the molecule is CN(C)C(=O)N(N=Cc1ccccn1)c1ccccc1. The summed E-state index contributed by atoms with van der Waals surface area (Å²) in [7, 11) is 3.38. The smallest absolute Gasteiger partial charge is 0.329 e. The number of carbonyl (C=O) groups is 1. The first-order chi connectivity index (χ1) is 9.68. The molecule has 0 saturated heterocycles. The molecule has 1 aromatic heterocycles. The maximum atomic E-state index is 12.2. The second-order valence-corrected chi connectivity index (χ2v) is 4.32. The van der Waals surface area contributed by atoms with Gasteiger partial charge in [0.05, 0.1) is 17.6 Å². The van der Waals surface area contributed by atoms with Crippen LogP contribution in [0.2, 0.25) is 0 Å². The molecule has 5 nitrogen and oxygen atoms in total. The Labute approximate surface area is 118 Å². The number of carbonyl (C=O) groups excluding carboxylic acids is 1. The van der Waals surface area contributed by atoms with Crippen LogP contribution in [0.4, 0.5) is 10.5 Å². The third kappa shape index (κ3) is 3.41. The van der Waals surface area contributed by atoms with Gasteiger partial charge in [-0.05, 0) is 24.3 Å². The summed E-state index contributed by atoms with van der Waals surface area (Å²) in [5.74, 6) is 0. The monoisotopic (exact) mass is 268 g/mol. The Balaban J connectivity index is 2.28. The van der Waals surface area contributed by atoms with Gasteiger partial charge in [0, 0.05) is 20.3 Å². The minimum atomic E-state index is -0.219. The zero-order valence-electron chi connectivity index (χ0n) is 11.5. The van der Waals surface area contributed by atoms with Gasteiger partial charge in [0.25, 0.3) is 0 Å². The number of amides is 2. The molecule has 0 fully saturated rings. The van der Waals surface area contributed by atoms with Crippen molar-refractivity contribution in [2.24, 2.45) is 5.10 Å². The highest BCUT2D eigenvalue weighted by molar-refractivity contribution is 5.93. The Morgan fingerprint density at radius 3 is 2.40 bits per heavy atom. The van der Waals surface area contributed by atoms with Gasteiger partial charge in [-0.25, -0.2) is 4.79 Å². The highest BCUT2D eigenvalue weighted by Gasteiger charge is 2.16. The van der Waals surface area contributed by atoms with Crippen LogP contribution in [0.5, 0.6) is 0 Å². The lowest BCUT2D eigenvalue weighted by atomic mass is 10.3. The average Bonchev–Trinajstić information content (AvgIpc) is 2.49. The third-order valence-corrected chi connectivity index (χ3v) is 2.56. The Kier molecular flexibility index (Phi) is 4.44.